The van der Waals surface area contributed by atoms with E-state index in [1.807, 2.05) is 19.1 Å². The summed E-state index contributed by atoms with van der Waals surface area (Å²) < 4.78 is 0. The van der Waals surface area contributed by atoms with E-state index in [-0.39, 0.29) is 11.9 Å². The maximum Gasteiger partial charge on any atom is 0.248 e. The lowest BCUT2D eigenvalue weighted by Crippen LogP contribution is -2.52. The van der Waals surface area contributed by atoms with Gasteiger partial charge in [-0.2, -0.15) is 10.5 Å². The van der Waals surface area contributed by atoms with Gasteiger partial charge in [0.25, 0.3) is 0 Å². The van der Waals surface area contributed by atoms with Gasteiger partial charge in [-0.1, -0.05) is 12.1 Å². The molecule has 1 aromatic carbocycles. The van der Waals surface area contributed by atoms with Gasteiger partial charge < -0.3 is 16.0 Å². The number of benzene rings is 1. The number of fused-ring (bicyclic) bond motifs is 1. The van der Waals surface area contributed by atoms with Crippen LogP contribution in [0.25, 0.3) is 0 Å². The van der Waals surface area contributed by atoms with Crippen molar-refractivity contribution in [1.29, 1.82) is 10.5 Å². The van der Waals surface area contributed by atoms with Gasteiger partial charge in [0.1, 0.15) is 12.1 Å². The van der Waals surface area contributed by atoms with Crippen LogP contribution in [0.15, 0.2) is 36.7 Å². The van der Waals surface area contributed by atoms with Gasteiger partial charge >= 0.3 is 0 Å². The zero-order chi connectivity index (χ0) is 18.5. The number of anilines is 2. The van der Waals surface area contributed by atoms with E-state index in [1.165, 1.54) is 12.4 Å². The summed E-state index contributed by atoms with van der Waals surface area (Å²) >= 11 is 0. The molecule has 2 atom stereocenters. The van der Waals surface area contributed by atoms with Crippen molar-refractivity contribution in [2.75, 3.05) is 17.2 Å². The summed E-state index contributed by atoms with van der Waals surface area (Å²) in [4.78, 5) is 16.3. The number of carbonyl (C=O) groups is 1. The van der Waals surface area contributed by atoms with Crippen molar-refractivity contribution in [2.45, 2.75) is 25.4 Å². The van der Waals surface area contributed by atoms with Crippen LogP contribution >= 0.6 is 0 Å². The number of carbonyl (C=O) groups excluding carboxylic acids is 1. The first-order valence-corrected chi connectivity index (χ1v) is 8.30. The molecule has 1 aromatic heterocycles. The van der Waals surface area contributed by atoms with E-state index in [0.717, 1.165) is 12.0 Å². The topological polar surface area (TPSA) is 114 Å². The van der Waals surface area contributed by atoms with E-state index in [1.54, 1.807) is 12.1 Å². The Balaban J connectivity index is 1.61. The van der Waals surface area contributed by atoms with Gasteiger partial charge in [0, 0.05) is 12.2 Å². The average Bonchev–Trinajstić information content (AvgIpc) is 2.67. The summed E-state index contributed by atoms with van der Waals surface area (Å²) in [5.74, 6) is -0.159. The summed E-state index contributed by atoms with van der Waals surface area (Å²) in [6.07, 6.45) is 3.79. The molecular weight excluding hydrogens is 328 g/mol. The number of nitriles is 2. The Hall–Kier alpha value is -3.42. The monoisotopic (exact) mass is 346 g/mol. The molecule has 0 aliphatic carbocycles. The molecule has 7 heteroatoms. The van der Waals surface area contributed by atoms with Crippen LogP contribution in [0.3, 0.4) is 0 Å². The number of nitrogens with one attached hydrogen (secondary N) is 3. The Morgan fingerprint density at radius 3 is 2.69 bits per heavy atom. The molecule has 1 aliphatic heterocycles. The van der Waals surface area contributed by atoms with E-state index in [0.29, 0.717) is 29.0 Å². The largest absolute Gasteiger partial charge is 0.370 e. The molecule has 2 aromatic rings. The Morgan fingerprint density at radius 2 is 2.00 bits per heavy atom. The fourth-order valence-corrected chi connectivity index (χ4v) is 2.89. The minimum absolute atomic E-state index is 0.138. The quantitative estimate of drug-likeness (QED) is 0.760. The van der Waals surface area contributed by atoms with Gasteiger partial charge in [-0.05, 0) is 37.6 Å². The molecule has 0 fully saturated rings. The lowest BCUT2D eigenvalue weighted by molar-refractivity contribution is -0.117. The van der Waals surface area contributed by atoms with Crippen molar-refractivity contribution in [3.8, 4) is 12.1 Å². The molecule has 7 nitrogen and oxygen atoms in total. The number of pyridine rings is 1. The number of hydrogen-bond acceptors (Lipinski definition) is 6. The van der Waals surface area contributed by atoms with Gasteiger partial charge in [-0.15, -0.1) is 0 Å². The molecule has 0 unspecified atom stereocenters. The second-order valence-corrected chi connectivity index (χ2v) is 6.13. The third-order valence-electron chi connectivity index (χ3n) is 4.37. The lowest BCUT2D eigenvalue weighted by Gasteiger charge is -2.31. The molecule has 0 bridgehead atoms. The highest BCUT2D eigenvalue weighted by atomic mass is 16.2. The van der Waals surface area contributed by atoms with Crippen LogP contribution in [-0.4, -0.2) is 29.5 Å². The van der Waals surface area contributed by atoms with Gasteiger partial charge in [0.15, 0.2) is 0 Å². The van der Waals surface area contributed by atoms with Gasteiger partial charge in [-0.25, -0.2) is 0 Å². The van der Waals surface area contributed by atoms with Crippen molar-refractivity contribution < 1.29 is 4.79 Å². The molecular formula is C19H18N6O. The van der Waals surface area contributed by atoms with Crippen LogP contribution < -0.4 is 16.0 Å². The number of aromatic nitrogens is 1. The molecule has 1 aliphatic rings. The van der Waals surface area contributed by atoms with E-state index >= 15 is 0 Å². The van der Waals surface area contributed by atoms with Crippen LogP contribution in [0, 0.1) is 22.7 Å². The number of hydrogen-bond donors (Lipinski definition) is 3. The second kappa shape index (κ2) is 7.64. The number of amides is 1. The Morgan fingerprint density at radius 1 is 1.23 bits per heavy atom. The van der Waals surface area contributed by atoms with E-state index < -0.39 is 6.04 Å². The van der Waals surface area contributed by atoms with Gasteiger partial charge in [0.2, 0.25) is 5.91 Å². The van der Waals surface area contributed by atoms with Crippen molar-refractivity contribution in [1.82, 2.24) is 10.3 Å². The Kier molecular flexibility index (Phi) is 5.12. The molecule has 1 amide bonds. The van der Waals surface area contributed by atoms with Gasteiger partial charge in [-0.3, -0.25) is 9.78 Å². The van der Waals surface area contributed by atoms with Crippen molar-refractivity contribution >= 4 is 17.3 Å². The maximum absolute atomic E-state index is 12.3. The van der Waals surface area contributed by atoms with Crippen molar-refractivity contribution in [3.63, 3.8) is 0 Å². The predicted octanol–water partition coefficient (Wildman–Crippen LogP) is 1.78. The van der Waals surface area contributed by atoms with Crippen LogP contribution in [-0.2, 0) is 11.2 Å². The molecule has 0 radical (unpaired) electrons. The first-order chi connectivity index (χ1) is 12.6. The zero-order valence-corrected chi connectivity index (χ0v) is 14.3. The molecule has 3 rings (SSSR count). The summed E-state index contributed by atoms with van der Waals surface area (Å²) in [7, 11) is 0. The molecule has 26 heavy (non-hydrogen) atoms. The van der Waals surface area contributed by atoms with Crippen LogP contribution in [0.1, 0.15) is 23.6 Å². The second-order valence-electron chi connectivity index (χ2n) is 6.13. The minimum Gasteiger partial charge on any atom is -0.370 e. The van der Waals surface area contributed by atoms with E-state index in [2.05, 4.69) is 33.1 Å². The molecule has 0 saturated carbocycles. The fraction of sp³-hybridized carbons (Fsp3) is 0.263. The van der Waals surface area contributed by atoms with E-state index in [4.69, 9.17) is 5.26 Å². The van der Waals surface area contributed by atoms with Gasteiger partial charge in [0.05, 0.1) is 34.8 Å². The SMILES string of the molecule is C[C@@H](NCCc1ccc(C#N)cc1)[C@@H]1Nc2c(C#N)cncc2NC1=O. The summed E-state index contributed by atoms with van der Waals surface area (Å²) in [6, 6.07) is 11.0. The highest BCUT2D eigenvalue weighted by molar-refractivity contribution is 6.04. The smallest absolute Gasteiger partial charge is 0.248 e. The highest BCUT2D eigenvalue weighted by Gasteiger charge is 2.31. The average molecular weight is 346 g/mol. The third kappa shape index (κ3) is 3.64. The summed E-state index contributed by atoms with van der Waals surface area (Å²) in [6.45, 7) is 2.61. The molecule has 2 heterocycles. The van der Waals surface area contributed by atoms with E-state index in [9.17, 15) is 10.1 Å². The normalized spacial score (nSPS) is 16.4. The minimum atomic E-state index is -0.488. The zero-order valence-electron chi connectivity index (χ0n) is 14.3. The number of rotatable bonds is 5. The molecule has 3 N–H and O–H groups in total. The first-order valence-electron chi connectivity index (χ1n) is 8.30. The predicted molar refractivity (Wildman–Crippen MR) is 97.3 cm³/mol. The summed E-state index contributed by atoms with van der Waals surface area (Å²) in [5.41, 5.74) is 3.28. The highest BCUT2D eigenvalue weighted by Crippen LogP contribution is 2.29. The van der Waals surface area contributed by atoms with Crippen LogP contribution in [0.2, 0.25) is 0 Å². The van der Waals surface area contributed by atoms with Crippen LogP contribution in [0.4, 0.5) is 11.4 Å². The Bertz CT molecular complexity index is 894. The fourth-order valence-electron chi connectivity index (χ4n) is 2.89. The molecule has 0 spiro atoms. The molecule has 130 valence electrons. The number of nitrogens with zero attached hydrogens (tertiary/aromatic N) is 3. The third-order valence-corrected chi connectivity index (χ3v) is 4.37. The van der Waals surface area contributed by atoms with Crippen molar-refractivity contribution in [2.24, 2.45) is 0 Å². The van der Waals surface area contributed by atoms with Crippen molar-refractivity contribution in [3.05, 3.63) is 53.3 Å². The van der Waals surface area contributed by atoms with Crippen LogP contribution in [0.5, 0.6) is 0 Å². The lowest BCUT2D eigenvalue weighted by atomic mass is 10.0. The first kappa shape index (κ1) is 17.4. The Labute approximate surface area is 151 Å². The molecule has 0 saturated heterocycles. The standard InChI is InChI=1S/C19H18N6O/c1-12(23-7-6-13-2-4-14(8-20)5-3-13)17-19(26)24-16-11-22-10-15(9-21)18(16)25-17/h2-5,10-12,17,23,25H,6-7H2,1H3,(H,24,26)/t12-,17+/m1/s1. The summed E-state index contributed by atoms with van der Waals surface area (Å²) in [5, 5.41) is 27.3. The maximum atomic E-state index is 12.3.